The second-order valence-electron chi connectivity index (χ2n) is 7.80. The van der Waals surface area contributed by atoms with Gasteiger partial charge in [-0.3, -0.25) is 14.9 Å². The summed E-state index contributed by atoms with van der Waals surface area (Å²) < 4.78 is 33.6. The van der Waals surface area contributed by atoms with Crippen molar-refractivity contribution >= 4 is 21.7 Å². The van der Waals surface area contributed by atoms with Crippen molar-refractivity contribution in [2.75, 3.05) is 6.61 Å². The van der Waals surface area contributed by atoms with Gasteiger partial charge in [0.1, 0.15) is 12.1 Å². The second-order valence-corrected chi connectivity index (χ2v) is 9.51. The van der Waals surface area contributed by atoms with Gasteiger partial charge in [-0.15, -0.1) is 0 Å². The van der Waals surface area contributed by atoms with Crippen molar-refractivity contribution in [2.24, 2.45) is 0 Å². The summed E-state index contributed by atoms with van der Waals surface area (Å²) in [5.74, 6) is -1.00. The van der Waals surface area contributed by atoms with Gasteiger partial charge in [0.25, 0.3) is 5.69 Å². The van der Waals surface area contributed by atoms with E-state index in [0.717, 1.165) is 28.3 Å². The number of non-ortho nitro benzene ring substituents is 1. The summed E-state index contributed by atoms with van der Waals surface area (Å²) in [4.78, 5) is 22.9. The fraction of sp³-hybridized carbons (Fsp3) is 0.208. The molecule has 3 aromatic rings. The molecular formula is C24H22N2O7S. The maximum Gasteiger partial charge on any atom is 0.327 e. The number of rotatable bonds is 8. The molecule has 0 heterocycles. The molecule has 34 heavy (non-hydrogen) atoms. The highest BCUT2D eigenvalue weighted by molar-refractivity contribution is 7.89. The molecule has 2 N–H and O–H groups in total. The first-order valence-corrected chi connectivity index (χ1v) is 12.0. The van der Waals surface area contributed by atoms with Crippen molar-refractivity contribution in [3.8, 4) is 11.1 Å². The lowest BCUT2D eigenvalue weighted by molar-refractivity contribution is -0.385. The van der Waals surface area contributed by atoms with Crippen molar-refractivity contribution in [3.05, 3.63) is 93.5 Å². The summed E-state index contributed by atoms with van der Waals surface area (Å²) >= 11 is 0. The molecule has 4 rings (SSSR count). The highest BCUT2D eigenvalue weighted by Crippen LogP contribution is 2.37. The van der Waals surface area contributed by atoms with Crippen LogP contribution >= 0.6 is 0 Å². The zero-order chi connectivity index (χ0) is 24.5. The Bertz CT molecular complexity index is 1370. The summed E-state index contributed by atoms with van der Waals surface area (Å²) in [5.41, 5.74) is 3.59. The lowest BCUT2D eigenvalue weighted by atomic mass is 10.0. The third-order valence-corrected chi connectivity index (χ3v) is 7.08. The Morgan fingerprint density at radius 3 is 2.56 bits per heavy atom. The van der Waals surface area contributed by atoms with Crippen LogP contribution in [0.1, 0.15) is 29.7 Å². The van der Waals surface area contributed by atoms with Gasteiger partial charge in [0, 0.05) is 12.1 Å². The van der Waals surface area contributed by atoms with E-state index in [9.17, 15) is 28.4 Å². The summed E-state index contributed by atoms with van der Waals surface area (Å²) in [5, 5.41) is 21.9. The molecule has 1 aliphatic carbocycles. The predicted molar refractivity (Wildman–Crippen MR) is 123 cm³/mol. The molecule has 1 aliphatic rings. The van der Waals surface area contributed by atoms with Gasteiger partial charge in [-0.1, -0.05) is 42.5 Å². The molecule has 2 atom stereocenters. The van der Waals surface area contributed by atoms with E-state index >= 15 is 0 Å². The topological polar surface area (TPSA) is 136 Å². The van der Waals surface area contributed by atoms with Gasteiger partial charge < -0.3 is 9.84 Å². The van der Waals surface area contributed by atoms with Crippen LogP contribution in [0.15, 0.2) is 71.6 Å². The Morgan fingerprint density at radius 2 is 1.82 bits per heavy atom. The number of hydrogen-bond donors (Lipinski definition) is 2. The SMILES string of the molecule is CCOC(=O)[C@@H](NS(=O)(=O)c1ccc2c(c1)Cc1ccccc1-2)[C@@H](O)c1cccc([N+](=O)[O-])c1. The molecule has 0 radical (unpaired) electrons. The third-order valence-electron chi connectivity index (χ3n) is 5.64. The Hall–Kier alpha value is -3.60. The van der Waals surface area contributed by atoms with Crippen molar-refractivity contribution < 1.29 is 28.0 Å². The van der Waals surface area contributed by atoms with E-state index in [-0.39, 0.29) is 22.8 Å². The number of carbonyl (C=O) groups excluding carboxylic acids is 1. The van der Waals surface area contributed by atoms with Gasteiger partial charge in [0.05, 0.1) is 16.4 Å². The maximum atomic E-state index is 13.2. The van der Waals surface area contributed by atoms with Crippen LogP contribution in [0.5, 0.6) is 0 Å². The predicted octanol–water partition coefficient (Wildman–Crippen LogP) is 3.11. The highest BCUT2D eigenvalue weighted by atomic mass is 32.2. The second kappa shape index (κ2) is 9.34. The van der Waals surface area contributed by atoms with Crippen LogP contribution in [0.3, 0.4) is 0 Å². The number of aliphatic hydroxyl groups is 1. The van der Waals surface area contributed by atoms with Crippen molar-refractivity contribution in [1.29, 1.82) is 0 Å². The average Bonchev–Trinajstić information content (AvgIpc) is 3.20. The molecule has 10 heteroatoms. The first-order chi connectivity index (χ1) is 16.2. The number of nitro benzene ring substituents is 1. The minimum absolute atomic E-state index is 0.000596. The van der Waals surface area contributed by atoms with Crippen LogP contribution in [0, 0.1) is 10.1 Å². The number of hydrogen-bond acceptors (Lipinski definition) is 7. The van der Waals surface area contributed by atoms with E-state index in [0.29, 0.717) is 6.42 Å². The minimum atomic E-state index is -4.26. The van der Waals surface area contributed by atoms with Gasteiger partial charge in [-0.25, -0.2) is 8.42 Å². The molecule has 0 spiro atoms. The molecule has 0 saturated carbocycles. The molecule has 176 valence electrons. The third kappa shape index (κ3) is 4.56. The highest BCUT2D eigenvalue weighted by Gasteiger charge is 2.35. The quantitative estimate of drug-likeness (QED) is 0.224. The number of esters is 1. The zero-order valence-electron chi connectivity index (χ0n) is 18.2. The smallest absolute Gasteiger partial charge is 0.327 e. The van der Waals surface area contributed by atoms with Crippen LogP contribution in [0.2, 0.25) is 0 Å². The average molecular weight is 483 g/mol. The van der Waals surface area contributed by atoms with Crippen LogP contribution in [0.4, 0.5) is 5.69 Å². The first kappa shape index (κ1) is 23.6. The number of nitrogens with one attached hydrogen (secondary N) is 1. The summed E-state index contributed by atoms with van der Waals surface area (Å²) in [6, 6.07) is 15.8. The Kier molecular flexibility index (Phi) is 6.47. The van der Waals surface area contributed by atoms with E-state index < -0.39 is 33.1 Å². The van der Waals surface area contributed by atoms with Crippen LogP contribution in [-0.4, -0.2) is 37.1 Å². The molecule has 0 saturated heterocycles. The number of sulfonamides is 1. The van der Waals surface area contributed by atoms with E-state index in [1.54, 1.807) is 19.1 Å². The Labute approximate surface area is 196 Å². The molecule has 3 aromatic carbocycles. The number of nitrogens with zero attached hydrogens (tertiary/aromatic N) is 1. The van der Waals surface area contributed by atoms with E-state index in [1.165, 1.54) is 24.3 Å². The van der Waals surface area contributed by atoms with E-state index in [4.69, 9.17) is 4.74 Å². The van der Waals surface area contributed by atoms with Crippen LogP contribution in [-0.2, 0) is 26.0 Å². The van der Waals surface area contributed by atoms with Gasteiger partial charge in [-0.2, -0.15) is 4.72 Å². The molecule has 9 nitrogen and oxygen atoms in total. The van der Waals surface area contributed by atoms with Gasteiger partial charge in [0.2, 0.25) is 10.0 Å². The molecule has 0 amide bonds. The maximum absolute atomic E-state index is 13.2. The number of carbonyl (C=O) groups is 1. The first-order valence-electron chi connectivity index (χ1n) is 10.5. The van der Waals surface area contributed by atoms with Crippen molar-refractivity contribution in [1.82, 2.24) is 4.72 Å². The molecule has 0 unspecified atom stereocenters. The largest absolute Gasteiger partial charge is 0.465 e. The standard InChI is InChI=1S/C24H22N2O7S/c1-2-33-24(28)22(23(27)16-7-5-8-18(13-16)26(29)30)25-34(31,32)19-10-11-21-17(14-19)12-15-6-3-4-9-20(15)21/h3-11,13-14,22-23,25,27H,2,12H2,1H3/t22-,23-/m0/s1. The number of benzene rings is 3. The number of ether oxygens (including phenoxy) is 1. The molecule has 0 aliphatic heterocycles. The molecule has 0 aromatic heterocycles. The number of nitro groups is 1. The fourth-order valence-corrected chi connectivity index (χ4v) is 5.25. The Morgan fingerprint density at radius 1 is 1.09 bits per heavy atom. The summed E-state index contributed by atoms with van der Waals surface area (Å²) in [7, 11) is -4.26. The van der Waals surface area contributed by atoms with Gasteiger partial charge in [0.15, 0.2) is 0 Å². The van der Waals surface area contributed by atoms with Crippen molar-refractivity contribution in [2.45, 2.75) is 30.4 Å². The van der Waals surface area contributed by atoms with E-state index in [1.807, 2.05) is 24.3 Å². The van der Waals surface area contributed by atoms with Crippen LogP contribution in [0.25, 0.3) is 11.1 Å². The normalized spacial score (nSPS) is 14.1. The minimum Gasteiger partial charge on any atom is -0.465 e. The summed E-state index contributed by atoms with van der Waals surface area (Å²) in [6.07, 6.45) is -1.14. The molecular weight excluding hydrogens is 460 g/mol. The van der Waals surface area contributed by atoms with E-state index in [2.05, 4.69) is 4.72 Å². The Balaban J connectivity index is 1.65. The lowest BCUT2D eigenvalue weighted by Gasteiger charge is -2.23. The molecule has 0 bridgehead atoms. The lowest BCUT2D eigenvalue weighted by Crippen LogP contribution is -2.45. The van der Waals surface area contributed by atoms with Gasteiger partial charge >= 0.3 is 5.97 Å². The van der Waals surface area contributed by atoms with Crippen LogP contribution < -0.4 is 4.72 Å². The van der Waals surface area contributed by atoms with Crippen molar-refractivity contribution in [3.63, 3.8) is 0 Å². The number of aliphatic hydroxyl groups excluding tert-OH is 1. The monoisotopic (exact) mass is 482 g/mol. The van der Waals surface area contributed by atoms with Gasteiger partial charge in [-0.05, 0) is 53.3 Å². The summed E-state index contributed by atoms with van der Waals surface area (Å²) in [6.45, 7) is 1.50. The number of fused-ring (bicyclic) bond motifs is 3. The zero-order valence-corrected chi connectivity index (χ0v) is 19.0. The fourth-order valence-electron chi connectivity index (χ4n) is 4.01. The molecule has 0 fully saturated rings.